The Morgan fingerprint density at radius 1 is 0.917 bits per heavy atom. The zero-order valence-corrected chi connectivity index (χ0v) is 5.76. The van der Waals surface area contributed by atoms with Crippen molar-refractivity contribution in [3.63, 3.8) is 0 Å². The summed E-state index contributed by atoms with van der Waals surface area (Å²) in [4.78, 5) is 20.7. The minimum Gasteiger partial charge on any atom is -0.380 e. The van der Waals surface area contributed by atoms with Crippen LogP contribution in [0.5, 0.6) is 0 Å². The molecule has 0 rings (SSSR count). The standard InChI is InChI=1S/C4H8N2O6/c7-1(3(9)5-11)2(8)4(10)6-12/h1-2,7-8,11-12H,(H,5,9)(H,6,10). The fourth-order valence-corrected chi connectivity index (χ4v) is 0.419. The van der Waals surface area contributed by atoms with Crippen molar-refractivity contribution >= 4 is 11.8 Å². The number of hydrogen-bond acceptors (Lipinski definition) is 6. The maximum atomic E-state index is 10.3. The molecule has 6 N–H and O–H groups in total. The molecule has 0 aliphatic rings. The predicted octanol–water partition coefficient (Wildman–Crippen LogP) is -3.28. The van der Waals surface area contributed by atoms with Crippen molar-refractivity contribution in [3.05, 3.63) is 0 Å². The topological polar surface area (TPSA) is 139 Å². The molecule has 8 heteroatoms. The highest BCUT2D eigenvalue weighted by Gasteiger charge is 2.29. The third-order valence-electron chi connectivity index (χ3n) is 1.06. The summed E-state index contributed by atoms with van der Waals surface area (Å²) in [7, 11) is 0. The van der Waals surface area contributed by atoms with E-state index < -0.39 is 24.0 Å². The van der Waals surface area contributed by atoms with E-state index in [-0.39, 0.29) is 0 Å². The van der Waals surface area contributed by atoms with E-state index in [4.69, 9.17) is 20.6 Å². The molecule has 0 spiro atoms. The van der Waals surface area contributed by atoms with Crippen LogP contribution in [-0.2, 0) is 9.59 Å². The van der Waals surface area contributed by atoms with E-state index in [0.717, 1.165) is 11.0 Å². The largest absolute Gasteiger partial charge is 0.380 e. The summed E-state index contributed by atoms with van der Waals surface area (Å²) in [5.74, 6) is -2.71. The van der Waals surface area contributed by atoms with Crippen LogP contribution in [0.2, 0.25) is 0 Å². The fourth-order valence-electron chi connectivity index (χ4n) is 0.419. The average molecular weight is 180 g/mol. The van der Waals surface area contributed by atoms with E-state index in [9.17, 15) is 9.59 Å². The highest BCUT2D eigenvalue weighted by atomic mass is 16.5. The van der Waals surface area contributed by atoms with Crippen LogP contribution in [0.15, 0.2) is 0 Å². The molecule has 0 aromatic rings. The van der Waals surface area contributed by atoms with Gasteiger partial charge in [0, 0.05) is 0 Å². The van der Waals surface area contributed by atoms with Crippen molar-refractivity contribution in [3.8, 4) is 0 Å². The molecular weight excluding hydrogens is 172 g/mol. The minimum atomic E-state index is -2.14. The molecule has 2 amide bonds. The molecule has 0 heterocycles. The summed E-state index contributed by atoms with van der Waals surface area (Å²) < 4.78 is 0. The lowest BCUT2D eigenvalue weighted by Gasteiger charge is -2.12. The third-order valence-corrected chi connectivity index (χ3v) is 1.06. The summed E-state index contributed by atoms with van der Waals surface area (Å²) >= 11 is 0. The molecule has 2 atom stereocenters. The fraction of sp³-hybridized carbons (Fsp3) is 0.500. The van der Waals surface area contributed by atoms with E-state index in [2.05, 4.69) is 0 Å². The molecule has 0 saturated heterocycles. The molecule has 0 fully saturated rings. The second-order valence-electron chi connectivity index (χ2n) is 1.84. The number of hydrogen-bond donors (Lipinski definition) is 6. The van der Waals surface area contributed by atoms with Crippen molar-refractivity contribution in [2.45, 2.75) is 12.2 Å². The van der Waals surface area contributed by atoms with Gasteiger partial charge in [-0.25, -0.2) is 11.0 Å². The van der Waals surface area contributed by atoms with Crippen molar-refractivity contribution in [1.82, 2.24) is 11.0 Å². The molecule has 2 unspecified atom stereocenters. The van der Waals surface area contributed by atoms with Crippen LogP contribution in [0.25, 0.3) is 0 Å². The monoisotopic (exact) mass is 180 g/mol. The number of hydroxylamine groups is 2. The lowest BCUT2D eigenvalue weighted by molar-refractivity contribution is -0.155. The Balaban J connectivity index is 4.18. The van der Waals surface area contributed by atoms with Crippen LogP contribution in [0.4, 0.5) is 0 Å². The summed E-state index contributed by atoms with van der Waals surface area (Å²) in [5.41, 5.74) is 2.03. The molecule has 0 aliphatic carbocycles. The normalized spacial score (nSPS) is 14.7. The molecule has 0 radical (unpaired) electrons. The van der Waals surface area contributed by atoms with Gasteiger partial charge in [-0.1, -0.05) is 0 Å². The highest BCUT2D eigenvalue weighted by Crippen LogP contribution is 1.92. The van der Waals surface area contributed by atoms with E-state index in [1.54, 1.807) is 0 Å². The first-order chi connectivity index (χ1) is 5.54. The van der Waals surface area contributed by atoms with Gasteiger partial charge in [0.2, 0.25) is 0 Å². The molecule has 0 aromatic heterocycles. The number of aliphatic hydroxyl groups excluding tert-OH is 2. The number of amides is 2. The van der Waals surface area contributed by atoms with E-state index in [1.165, 1.54) is 0 Å². The van der Waals surface area contributed by atoms with Crippen LogP contribution in [-0.4, -0.2) is 44.6 Å². The molecule has 0 saturated carbocycles. The van der Waals surface area contributed by atoms with Crippen molar-refractivity contribution in [2.75, 3.05) is 0 Å². The molecular formula is C4H8N2O6. The Morgan fingerprint density at radius 2 is 1.17 bits per heavy atom. The predicted molar refractivity (Wildman–Crippen MR) is 31.9 cm³/mol. The Labute approximate surface area is 66.3 Å². The first-order valence-electron chi connectivity index (χ1n) is 2.78. The number of aliphatic hydroxyl groups is 2. The van der Waals surface area contributed by atoms with Gasteiger partial charge in [0.25, 0.3) is 11.8 Å². The van der Waals surface area contributed by atoms with Crippen molar-refractivity contribution in [1.29, 1.82) is 0 Å². The van der Waals surface area contributed by atoms with Gasteiger partial charge in [-0.2, -0.15) is 0 Å². The maximum absolute atomic E-state index is 10.3. The van der Waals surface area contributed by atoms with Crippen LogP contribution in [0, 0.1) is 0 Å². The van der Waals surface area contributed by atoms with Gasteiger partial charge < -0.3 is 10.2 Å². The summed E-state index contributed by atoms with van der Waals surface area (Å²) in [6.07, 6.45) is -4.27. The first-order valence-corrected chi connectivity index (χ1v) is 2.78. The molecule has 70 valence electrons. The molecule has 0 aromatic carbocycles. The van der Waals surface area contributed by atoms with Gasteiger partial charge in [0.05, 0.1) is 0 Å². The smallest absolute Gasteiger partial charge is 0.275 e. The summed E-state index contributed by atoms with van der Waals surface area (Å²) in [6, 6.07) is 0. The second kappa shape index (κ2) is 4.62. The third kappa shape index (κ3) is 2.43. The molecule has 8 nitrogen and oxygen atoms in total. The van der Waals surface area contributed by atoms with Crippen LogP contribution < -0.4 is 11.0 Å². The number of nitrogens with one attached hydrogen (secondary N) is 2. The van der Waals surface area contributed by atoms with Gasteiger partial charge in [-0.15, -0.1) is 0 Å². The zero-order valence-electron chi connectivity index (χ0n) is 5.76. The average Bonchev–Trinajstić information content (AvgIpc) is 2.12. The lowest BCUT2D eigenvalue weighted by atomic mass is 10.2. The van der Waals surface area contributed by atoms with Gasteiger partial charge >= 0.3 is 0 Å². The highest BCUT2D eigenvalue weighted by molar-refractivity contribution is 5.89. The van der Waals surface area contributed by atoms with Crippen LogP contribution in [0.3, 0.4) is 0 Å². The molecule has 12 heavy (non-hydrogen) atoms. The minimum absolute atomic E-state index is 1.01. The molecule has 0 bridgehead atoms. The van der Waals surface area contributed by atoms with E-state index in [0.29, 0.717) is 0 Å². The van der Waals surface area contributed by atoms with Crippen molar-refractivity contribution in [2.24, 2.45) is 0 Å². The SMILES string of the molecule is O=C(NO)C(O)C(O)C(=O)NO. The van der Waals surface area contributed by atoms with Gasteiger partial charge in [0.1, 0.15) is 0 Å². The summed E-state index contributed by atoms with van der Waals surface area (Å²) in [6.45, 7) is 0. The van der Waals surface area contributed by atoms with Gasteiger partial charge in [0.15, 0.2) is 12.2 Å². The first kappa shape index (κ1) is 10.8. The van der Waals surface area contributed by atoms with E-state index in [1.807, 2.05) is 0 Å². The van der Waals surface area contributed by atoms with E-state index >= 15 is 0 Å². The second-order valence-corrected chi connectivity index (χ2v) is 1.84. The Morgan fingerprint density at radius 3 is 1.33 bits per heavy atom. The van der Waals surface area contributed by atoms with Crippen LogP contribution >= 0.6 is 0 Å². The molecule has 0 aliphatic heterocycles. The van der Waals surface area contributed by atoms with Gasteiger partial charge in [-0.3, -0.25) is 20.0 Å². The number of carbonyl (C=O) groups is 2. The maximum Gasteiger partial charge on any atom is 0.275 e. The number of rotatable bonds is 3. The van der Waals surface area contributed by atoms with Gasteiger partial charge in [-0.05, 0) is 0 Å². The Hall–Kier alpha value is -1.22. The Bertz CT molecular complexity index is 162. The van der Waals surface area contributed by atoms with Crippen LogP contribution in [0.1, 0.15) is 0 Å². The quantitative estimate of drug-likeness (QED) is 0.199. The lowest BCUT2D eigenvalue weighted by Crippen LogP contribution is -2.48. The van der Waals surface area contributed by atoms with Crippen molar-refractivity contribution < 1.29 is 30.2 Å². The summed E-state index contributed by atoms with van der Waals surface area (Å²) in [5, 5.41) is 33.3. The Kier molecular flexibility index (Phi) is 4.15. The number of carbonyl (C=O) groups excluding carboxylic acids is 2. The zero-order chi connectivity index (χ0) is 9.72.